The van der Waals surface area contributed by atoms with Crippen LogP contribution in [0.3, 0.4) is 0 Å². The molecule has 0 heterocycles. The van der Waals surface area contributed by atoms with Gasteiger partial charge in [0.05, 0.1) is 10.0 Å². The van der Waals surface area contributed by atoms with E-state index in [1.54, 1.807) is 23.1 Å². The minimum absolute atomic E-state index is 0.167. The van der Waals surface area contributed by atoms with Crippen LogP contribution >= 0.6 is 23.2 Å². The van der Waals surface area contributed by atoms with Crippen LogP contribution in [0.1, 0.15) is 43.9 Å². The van der Waals surface area contributed by atoms with Crippen molar-refractivity contribution in [1.29, 1.82) is 0 Å². The van der Waals surface area contributed by atoms with Crippen molar-refractivity contribution in [2.45, 2.75) is 53.6 Å². The van der Waals surface area contributed by atoms with Crippen molar-refractivity contribution in [2.24, 2.45) is 5.92 Å². The second-order valence-corrected chi connectivity index (χ2v) is 9.21. The first-order valence-corrected chi connectivity index (χ1v) is 11.6. The maximum Gasteiger partial charge on any atom is 0.261 e. The van der Waals surface area contributed by atoms with Crippen molar-refractivity contribution in [3.63, 3.8) is 0 Å². The number of hydrogen-bond acceptors (Lipinski definition) is 3. The number of amides is 2. The Bertz CT molecular complexity index is 947. The first-order chi connectivity index (χ1) is 15.1. The number of nitrogens with one attached hydrogen (secondary N) is 1. The molecule has 0 fully saturated rings. The summed E-state index contributed by atoms with van der Waals surface area (Å²) in [6.45, 7) is 10.4. The molecule has 0 saturated carbocycles. The van der Waals surface area contributed by atoms with Crippen LogP contribution in [-0.4, -0.2) is 35.9 Å². The Kier molecular flexibility index (Phi) is 9.85. The summed E-state index contributed by atoms with van der Waals surface area (Å²) in [5.41, 5.74) is 2.78. The van der Waals surface area contributed by atoms with Gasteiger partial charge in [-0.25, -0.2) is 0 Å². The number of ether oxygens (including phenoxy) is 1. The SMILES string of the molecule is CCC(C(=O)NCC(C)C)N(Cc1ccc(Cl)c(Cl)c1)C(=O)COc1cc(C)ccc1C. The van der Waals surface area contributed by atoms with Gasteiger partial charge in [0, 0.05) is 13.1 Å². The molecule has 0 radical (unpaired) electrons. The zero-order chi connectivity index (χ0) is 23.8. The lowest BCUT2D eigenvalue weighted by molar-refractivity contribution is -0.143. The molecule has 5 nitrogen and oxygen atoms in total. The quantitative estimate of drug-likeness (QED) is 0.485. The van der Waals surface area contributed by atoms with Crippen molar-refractivity contribution in [3.05, 3.63) is 63.1 Å². The number of aryl methyl sites for hydroxylation is 2. The standard InChI is InChI=1S/C25H32Cl2N2O3/c1-6-22(25(31)28-13-16(2)3)29(14-19-9-10-20(26)21(27)12-19)24(30)15-32-23-11-17(4)7-8-18(23)5/h7-12,16,22H,6,13-15H2,1-5H3,(H,28,31). The molecule has 1 atom stereocenters. The van der Waals surface area contributed by atoms with E-state index in [1.165, 1.54) is 0 Å². The first kappa shape index (κ1) is 26.0. The molecule has 1 N–H and O–H groups in total. The van der Waals surface area contributed by atoms with E-state index >= 15 is 0 Å². The Balaban J connectivity index is 2.26. The van der Waals surface area contributed by atoms with Gasteiger partial charge in [-0.3, -0.25) is 9.59 Å². The van der Waals surface area contributed by atoms with Gasteiger partial charge in [-0.1, -0.05) is 62.2 Å². The highest BCUT2D eigenvalue weighted by Gasteiger charge is 2.29. The number of benzene rings is 2. The van der Waals surface area contributed by atoms with Gasteiger partial charge in [-0.05, 0) is 61.1 Å². The second-order valence-electron chi connectivity index (χ2n) is 8.39. The summed E-state index contributed by atoms with van der Waals surface area (Å²) in [4.78, 5) is 27.7. The van der Waals surface area contributed by atoms with Crippen LogP contribution in [-0.2, 0) is 16.1 Å². The summed E-state index contributed by atoms with van der Waals surface area (Å²) in [5, 5.41) is 3.79. The molecule has 32 heavy (non-hydrogen) atoms. The molecule has 2 aromatic carbocycles. The summed E-state index contributed by atoms with van der Waals surface area (Å²) in [7, 11) is 0. The van der Waals surface area contributed by atoms with Gasteiger partial charge in [0.25, 0.3) is 5.91 Å². The van der Waals surface area contributed by atoms with Crippen LogP contribution in [0.25, 0.3) is 0 Å². The molecule has 0 spiro atoms. The lowest BCUT2D eigenvalue weighted by Crippen LogP contribution is -2.50. The van der Waals surface area contributed by atoms with E-state index in [-0.39, 0.29) is 25.0 Å². The zero-order valence-corrected chi connectivity index (χ0v) is 20.9. The van der Waals surface area contributed by atoms with Gasteiger partial charge < -0.3 is 15.0 Å². The molecule has 0 aliphatic rings. The van der Waals surface area contributed by atoms with Crippen molar-refractivity contribution in [3.8, 4) is 5.75 Å². The predicted molar refractivity (Wildman–Crippen MR) is 130 cm³/mol. The van der Waals surface area contributed by atoms with Gasteiger partial charge in [0.15, 0.2) is 6.61 Å². The summed E-state index contributed by atoms with van der Waals surface area (Å²) in [5.74, 6) is 0.512. The van der Waals surface area contributed by atoms with Gasteiger partial charge in [0.2, 0.25) is 5.91 Å². The van der Waals surface area contributed by atoms with Crippen molar-refractivity contribution < 1.29 is 14.3 Å². The Morgan fingerprint density at radius 2 is 1.78 bits per heavy atom. The fraction of sp³-hybridized carbons (Fsp3) is 0.440. The van der Waals surface area contributed by atoms with Gasteiger partial charge >= 0.3 is 0 Å². The minimum Gasteiger partial charge on any atom is -0.483 e. The minimum atomic E-state index is -0.627. The number of carbonyl (C=O) groups is 2. The van der Waals surface area contributed by atoms with Gasteiger partial charge in [-0.15, -0.1) is 0 Å². The summed E-state index contributed by atoms with van der Waals surface area (Å²) in [6, 6.07) is 10.4. The van der Waals surface area contributed by atoms with Crippen molar-refractivity contribution in [2.75, 3.05) is 13.2 Å². The molecule has 1 unspecified atom stereocenters. The topological polar surface area (TPSA) is 58.6 Å². The number of hydrogen-bond donors (Lipinski definition) is 1. The van der Waals surface area contributed by atoms with Gasteiger partial charge in [-0.2, -0.15) is 0 Å². The highest BCUT2D eigenvalue weighted by molar-refractivity contribution is 6.42. The lowest BCUT2D eigenvalue weighted by Gasteiger charge is -2.31. The molecular formula is C25H32Cl2N2O3. The molecule has 2 rings (SSSR count). The fourth-order valence-electron chi connectivity index (χ4n) is 3.26. The maximum atomic E-state index is 13.3. The maximum absolute atomic E-state index is 13.3. The van der Waals surface area contributed by atoms with Crippen LogP contribution < -0.4 is 10.1 Å². The zero-order valence-electron chi connectivity index (χ0n) is 19.4. The molecule has 174 valence electrons. The number of halogens is 2. The van der Waals surface area contributed by atoms with Crippen molar-refractivity contribution >= 4 is 35.0 Å². The molecule has 0 bridgehead atoms. The normalized spacial score (nSPS) is 11.9. The van der Waals surface area contributed by atoms with E-state index < -0.39 is 6.04 Å². The molecular weight excluding hydrogens is 447 g/mol. The second kappa shape index (κ2) is 12.1. The van der Waals surface area contributed by atoms with Gasteiger partial charge in [0.1, 0.15) is 11.8 Å². The van der Waals surface area contributed by atoms with Crippen LogP contribution in [0.4, 0.5) is 0 Å². The van der Waals surface area contributed by atoms with E-state index in [9.17, 15) is 9.59 Å². The van der Waals surface area contributed by atoms with Crippen LogP contribution in [0, 0.1) is 19.8 Å². The average Bonchev–Trinajstić information content (AvgIpc) is 2.74. The van der Waals surface area contributed by atoms with Crippen LogP contribution in [0.2, 0.25) is 10.0 Å². The van der Waals surface area contributed by atoms with E-state index in [1.807, 2.05) is 52.8 Å². The highest BCUT2D eigenvalue weighted by atomic mass is 35.5. The third-order valence-corrected chi connectivity index (χ3v) is 5.84. The molecule has 2 amide bonds. The van der Waals surface area contributed by atoms with E-state index in [4.69, 9.17) is 27.9 Å². The summed E-state index contributed by atoms with van der Waals surface area (Å²) in [6.07, 6.45) is 0.473. The third kappa shape index (κ3) is 7.42. The smallest absolute Gasteiger partial charge is 0.261 e. The lowest BCUT2D eigenvalue weighted by atomic mass is 10.1. The summed E-state index contributed by atoms with van der Waals surface area (Å²) < 4.78 is 5.84. The average molecular weight is 479 g/mol. The molecule has 0 aliphatic carbocycles. The Morgan fingerprint density at radius 1 is 1.06 bits per heavy atom. The number of rotatable bonds is 10. The first-order valence-electron chi connectivity index (χ1n) is 10.8. The fourth-order valence-corrected chi connectivity index (χ4v) is 3.58. The van der Waals surface area contributed by atoms with Crippen LogP contribution in [0.5, 0.6) is 5.75 Å². The molecule has 0 saturated heterocycles. The largest absolute Gasteiger partial charge is 0.483 e. The van der Waals surface area contributed by atoms with E-state index in [0.29, 0.717) is 34.7 Å². The van der Waals surface area contributed by atoms with Crippen molar-refractivity contribution in [1.82, 2.24) is 10.2 Å². The van der Waals surface area contributed by atoms with Crippen LogP contribution in [0.15, 0.2) is 36.4 Å². The summed E-state index contributed by atoms with van der Waals surface area (Å²) >= 11 is 12.2. The van der Waals surface area contributed by atoms with E-state index in [2.05, 4.69) is 5.32 Å². The molecule has 0 aliphatic heterocycles. The predicted octanol–water partition coefficient (Wildman–Crippen LogP) is 5.57. The highest BCUT2D eigenvalue weighted by Crippen LogP contribution is 2.24. The molecule has 7 heteroatoms. The Morgan fingerprint density at radius 3 is 2.41 bits per heavy atom. The number of carbonyl (C=O) groups excluding carboxylic acids is 2. The monoisotopic (exact) mass is 478 g/mol. The van der Waals surface area contributed by atoms with E-state index in [0.717, 1.165) is 16.7 Å². The Labute approximate surface area is 201 Å². The number of nitrogens with zero attached hydrogens (tertiary/aromatic N) is 1. The third-order valence-electron chi connectivity index (χ3n) is 5.10. The molecule has 2 aromatic rings. The molecule has 0 aromatic heterocycles. The Hall–Kier alpha value is -2.24.